The molecule has 1 N–H and O–H groups in total. The van der Waals surface area contributed by atoms with Gasteiger partial charge in [0.2, 0.25) is 11.8 Å². The van der Waals surface area contributed by atoms with Crippen LogP contribution < -0.4 is 14.2 Å². The number of rotatable bonds is 12. The van der Waals surface area contributed by atoms with E-state index < -0.39 is 6.09 Å². The van der Waals surface area contributed by atoms with E-state index in [0.717, 1.165) is 65.1 Å². The zero-order chi connectivity index (χ0) is 34.4. The highest BCUT2D eigenvalue weighted by atomic mass is 16.5. The van der Waals surface area contributed by atoms with Gasteiger partial charge in [-0.2, -0.15) is 10.1 Å². The number of fused-ring (bicyclic) bond motifs is 1. The number of aromatic nitrogens is 3. The van der Waals surface area contributed by atoms with Crippen molar-refractivity contribution in [1.82, 2.24) is 24.6 Å². The van der Waals surface area contributed by atoms with Gasteiger partial charge in [-0.05, 0) is 41.2 Å². The third-order valence-corrected chi connectivity index (χ3v) is 8.96. The van der Waals surface area contributed by atoms with E-state index in [2.05, 4.69) is 25.7 Å². The van der Waals surface area contributed by atoms with Gasteiger partial charge in [0.15, 0.2) is 0 Å². The van der Waals surface area contributed by atoms with Gasteiger partial charge in [-0.3, -0.25) is 9.58 Å². The number of benzene rings is 3. The minimum Gasteiger partial charge on any atom is -0.493 e. The highest BCUT2D eigenvalue weighted by Gasteiger charge is 2.37. The molecule has 1 saturated heterocycles. The second-order valence-electron chi connectivity index (χ2n) is 13.6. The molecule has 1 atom stereocenters. The van der Waals surface area contributed by atoms with E-state index in [1.54, 1.807) is 4.90 Å². The standard InChI is InChI=1S/C39H45N5O5/c1-39(2,3)34-25-43(21-22-44(34)38(45)46)20-11-23-47-30-16-17-31-33(24-30)42(4)41-36(31)32-18-19-35(48-26-28-12-7-5-8-13-28)40-37(32)49-27-29-14-9-6-10-15-29/h5-10,12-19,24,34H,11,20-23,25-27H2,1-4H3,(H,45,46). The number of carbonyl (C=O) groups is 1. The number of amides is 1. The van der Waals surface area contributed by atoms with E-state index in [9.17, 15) is 9.90 Å². The molecule has 1 aliphatic heterocycles. The molecule has 0 saturated carbocycles. The van der Waals surface area contributed by atoms with Crippen molar-refractivity contribution in [3.05, 3.63) is 102 Å². The summed E-state index contributed by atoms with van der Waals surface area (Å²) in [6.45, 7) is 10.5. The number of piperazine rings is 1. The van der Waals surface area contributed by atoms with Crippen LogP contribution in [0.3, 0.4) is 0 Å². The lowest BCUT2D eigenvalue weighted by Crippen LogP contribution is -2.59. The fourth-order valence-corrected chi connectivity index (χ4v) is 6.27. The van der Waals surface area contributed by atoms with Crippen LogP contribution in [0.15, 0.2) is 91.0 Å². The summed E-state index contributed by atoms with van der Waals surface area (Å²) in [7, 11) is 1.92. The number of hydrogen-bond acceptors (Lipinski definition) is 7. The molecule has 1 aliphatic rings. The lowest BCUT2D eigenvalue weighted by atomic mass is 9.84. The molecule has 1 fully saturated rings. The van der Waals surface area contributed by atoms with Crippen molar-refractivity contribution >= 4 is 17.0 Å². The fraction of sp³-hybridized carbons (Fsp3) is 0.359. The SMILES string of the molecule is Cn1nc(-c2ccc(OCc3ccccc3)nc2OCc2ccccc2)c2ccc(OCCCN3CCN(C(=O)O)C(C(C)(C)C)C3)cc21. The molecule has 6 rings (SSSR count). The number of aryl methyl sites for hydroxylation is 1. The highest BCUT2D eigenvalue weighted by Crippen LogP contribution is 2.36. The third kappa shape index (κ3) is 8.32. The predicted molar refractivity (Wildman–Crippen MR) is 190 cm³/mol. The maximum atomic E-state index is 11.8. The zero-order valence-electron chi connectivity index (χ0n) is 28.7. The number of pyridine rings is 1. The van der Waals surface area contributed by atoms with Crippen LogP contribution in [0.1, 0.15) is 38.3 Å². The van der Waals surface area contributed by atoms with E-state index in [1.165, 1.54) is 0 Å². The van der Waals surface area contributed by atoms with Crippen LogP contribution in [0, 0.1) is 5.41 Å². The van der Waals surface area contributed by atoms with Gasteiger partial charge in [0, 0.05) is 50.7 Å². The van der Waals surface area contributed by atoms with Crippen molar-refractivity contribution in [2.75, 3.05) is 32.8 Å². The van der Waals surface area contributed by atoms with Gasteiger partial charge in [0.1, 0.15) is 24.7 Å². The summed E-state index contributed by atoms with van der Waals surface area (Å²) in [6, 6.07) is 29.8. The van der Waals surface area contributed by atoms with Gasteiger partial charge in [0.05, 0.1) is 23.7 Å². The molecule has 49 heavy (non-hydrogen) atoms. The van der Waals surface area contributed by atoms with Crippen molar-refractivity contribution in [3.63, 3.8) is 0 Å². The highest BCUT2D eigenvalue weighted by molar-refractivity contribution is 5.95. The van der Waals surface area contributed by atoms with Gasteiger partial charge in [-0.25, -0.2) is 4.79 Å². The van der Waals surface area contributed by atoms with Crippen molar-refractivity contribution < 1.29 is 24.1 Å². The molecule has 10 heteroatoms. The summed E-state index contributed by atoms with van der Waals surface area (Å²) in [6.07, 6.45) is -0.000803. The minimum atomic E-state index is -0.839. The average molecular weight is 664 g/mol. The molecule has 1 unspecified atom stereocenters. The van der Waals surface area contributed by atoms with Crippen molar-refractivity contribution in [2.24, 2.45) is 12.5 Å². The average Bonchev–Trinajstić information content (AvgIpc) is 3.43. The van der Waals surface area contributed by atoms with Crippen LogP contribution in [0.25, 0.3) is 22.2 Å². The number of nitrogens with zero attached hydrogens (tertiary/aromatic N) is 5. The Kier molecular flexibility index (Phi) is 10.3. The van der Waals surface area contributed by atoms with E-state index in [4.69, 9.17) is 24.3 Å². The molecule has 3 aromatic carbocycles. The van der Waals surface area contributed by atoms with Crippen molar-refractivity contribution in [3.8, 4) is 28.8 Å². The topological polar surface area (TPSA) is 102 Å². The monoisotopic (exact) mass is 663 g/mol. The maximum Gasteiger partial charge on any atom is 0.407 e. The Balaban J connectivity index is 1.14. The molecule has 0 bridgehead atoms. The van der Waals surface area contributed by atoms with Gasteiger partial charge in [-0.15, -0.1) is 0 Å². The summed E-state index contributed by atoms with van der Waals surface area (Å²) < 4.78 is 20.4. The molecular formula is C39H45N5O5. The zero-order valence-corrected chi connectivity index (χ0v) is 28.7. The number of hydrogen-bond donors (Lipinski definition) is 1. The first-order chi connectivity index (χ1) is 23.7. The normalized spacial score (nSPS) is 15.3. The molecular weight excluding hydrogens is 618 g/mol. The van der Waals surface area contributed by atoms with Crippen LogP contribution in [-0.4, -0.2) is 74.6 Å². The molecule has 0 aliphatic carbocycles. The Morgan fingerprint density at radius 2 is 1.57 bits per heavy atom. The first kappa shape index (κ1) is 33.8. The predicted octanol–water partition coefficient (Wildman–Crippen LogP) is 7.27. The van der Waals surface area contributed by atoms with E-state index in [-0.39, 0.29) is 11.5 Å². The van der Waals surface area contributed by atoms with Crippen LogP contribution in [-0.2, 0) is 20.3 Å². The van der Waals surface area contributed by atoms with E-state index >= 15 is 0 Å². The van der Waals surface area contributed by atoms with Crippen molar-refractivity contribution in [1.29, 1.82) is 0 Å². The molecule has 10 nitrogen and oxygen atoms in total. The summed E-state index contributed by atoms with van der Waals surface area (Å²) in [5.74, 6) is 1.70. The Hall–Kier alpha value is -5.09. The molecule has 0 spiro atoms. The number of carboxylic acid groups (broad SMARTS) is 1. The van der Waals surface area contributed by atoms with Gasteiger partial charge in [-0.1, -0.05) is 81.4 Å². The molecule has 5 aromatic rings. The molecule has 2 aromatic heterocycles. The van der Waals surface area contributed by atoms with Crippen LogP contribution in [0.4, 0.5) is 4.79 Å². The first-order valence-electron chi connectivity index (χ1n) is 16.8. The van der Waals surface area contributed by atoms with Crippen LogP contribution in [0.5, 0.6) is 17.5 Å². The largest absolute Gasteiger partial charge is 0.493 e. The molecule has 1 amide bonds. The first-order valence-corrected chi connectivity index (χ1v) is 16.8. The van der Waals surface area contributed by atoms with Gasteiger partial charge < -0.3 is 24.2 Å². The maximum absolute atomic E-state index is 11.8. The smallest absolute Gasteiger partial charge is 0.407 e. The Morgan fingerprint density at radius 1 is 0.878 bits per heavy atom. The minimum absolute atomic E-state index is 0.0430. The fourth-order valence-electron chi connectivity index (χ4n) is 6.27. The lowest BCUT2D eigenvalue weighted by molar-refractivity contribution is 0.0203. The Bertz CT molecular complexity index is 1860. The lowest BCUT2D eigenvalue weighted by Gasteiger charge is -2.46. The van der Waals surface area contributed by atoms with Gasteiger partial charge in [0.25, 0.3) is 0 Å². The van der Waals surface area contributed by atoms with E-state index in [0.29, 0.717) is 38.1 Å². The molecule has 0 radical (unpaired) electrons. The Labute approximate surface area is 287 Å². The quantitative estimate of drug-likeness (QED) is 0.139. The van der Waals surface area contributed by atoms with Crippen molar-refractivity contribution in [2.45, 2.75) is 46.4 Å². The van der Waals surface area contributed by atoms with Crippen LogP contribution >= 0.6 is 0 Å². The Morgan fingerprint density at radius 3 is 2.24 bits per heavy atom. The summed E-state index contributed by atoms with van der Waals surface area (Å²) in [5, 5.41) is 15.5. The summed E-state index contributed by atoms with van der Waals surface area (Å²) in [4.78, 5) is 20.5. The molecule has 3 heterocycles. The second kappa shape index (κ2) is 15.0. The van der Waals surface area contributed by atoms with Crippen LogP contribution in [0.2, 0.25) is 0 Å². The van der Waals surface area contributed by atoms with Gasteiger partial charge >= 0.3 is 6.09 Å². The number of ether oxygens (including phenoxy) is 3. The summed E-state index contributed by atoms with van der Waals surface area (Å²) in [5.41, 5.74) is 4.44. The third-order valence-electron chi connectivity index (χ3n) is 8.96. The molecule has 256 valence electrons. The second-order valence-corrected chi connectivity index (χ2v) is 13.6. The van der Waals surface area contributed by atoms with E-state index in [1.807, 2.05) is 103 Å². The summed E-state index contributed by atoms with van der Waals surface area (Å²) >= 11 is 0.